The molecule has 0 spiro atoms. The molecule has 3 N–H and O–H groups in total. The molecule has 30 heavy (non-hydrogen) atoms. The van der Waals surface area contributed by atoms with Crippen LogP contribution in [0.1, 0.15) is 31.8 Å². The average Bonchev–Trinajstić information content (AvgIpc) is 2.66. The summed E-state index contributed by atoms with van der Waals surface area (Å²) in [5, 5.41) is 2.72. The third-order valence-electron chi connectivity index (χ3n) is 4.57. The number of carbonyl (C=O) groups excluding carboxylic acids is 2. The molecule has 0 saturated carbocycles. The van der Waals surface area contributed by atoms with Crippen LogP contribution in [0.15, 0.2) is 59.5 Å². The van der Waals surface area contributed by atoms with E-state index in [4.69, 9.17) is 5.73 Å². The monoisotopic (exact) mass is 434 g/mol. The molecular formula is C20H12FN2NaO5S. The number of ketones is 2. The predicted octanol–water partition coefficient (Wildman–Crippen LogP) is -0.165. The predicted molar refractivity (Wildman–Crippen MR) is 102 cm³/mol. The first-order valence-electron chi connectivity index (χ1n) is 8.32. The molecule has 0 unspecified atom stereocenters. The van der Waals surface area contributed by atoms with E-state index in [0.29, 0.717) is 0 Å². The Kier molecular flexibility index (Phi) is 5.85. The molecule has 0 aromatic heterocycles. The summed E-state index contributed by atoms with van der Waals surface area (Å²) in [6.45, 7) is 0. The number of carbonyl (C=O) groups is 2. The maximum absolute atomic E-state index is 13.6. The van der Waals surface area contributed by atoms with E-state index in [-0.39, 0.29) is 63.2 Å². The molecule has 0 aliphatic heterocycles. The fraction of sp³-hybridized carbons (Fsp3) is 0. The van der Waals surface area contributed by atoms with Gasteiger partial charge in [0.05, 0.1) is 27.4 Å². The van der Waals surface area contributed by atoms with Crippen LogP contribution >= 0.6 is 0 Å². The quantitative estimate of drug-likeness (QED) is 0.260. The van der Waals surface area contributed by atoms with Gasteiger partial charge < -0.3 is 15.6 Å². The first kappa shape index (κ1) is 22.1. The summed E-state index contributed by atoms with van der Waals surface area (Å²) < 4.78 is 48.7. The molecule has 0 radical (unpaired) electrons. The van der Waals surface area contributed by atoms with Gasteiger partial charge in [-0.1, -0.05) is 30.3 Å². The number of halogens is 1. The zero-order valence-electron chi connectivity index (χ0n) is 15.6. The number of fused-ring (bicyclic) bond motifs is 2. The topological polar surface area (TPSA) is 129 Å². The van der Waals surface area contributed by atoms with Crippen LogP contribution in [0.3, 0.4) is 0 Å². The number of nitrogens with one attached hydrogen (secondary N) is 1. The Morgan fingerprint density at radius 1 is 0.900 bits per heavy atom. The minimum Gasteiger partial charge on any atom is -0.744 e. The van der Waals surface area contributed by atoms with Crippen molar-refractivity contribution in [2.75, 3.05) is 11.1 Å². The van der Waals surface area contributed by atoms with E-state index in [1.54, 1.807) is 12.1 Å². The van der Waals surface area contributed by atoms with Gasteiger partial charge in [0.15, 0.2) is 11.6 Å². The van der Waals surface area contributed by atoms with Gasteiger partial charge in [0, 0.05) is 16.8 Å². The molecule has 0 heterocycles. The van der Waals surface area contributed by atoms with Crippen molar-refractivity contribution in [3.8, 4) is 0 Å². The van der Waals surface area contributed by atoms with Gasteiger partial charge in [-0.05, 0) is 24.3 Å². The van der Waals surface area contributed by atoms with Gasteiger partial charge in [-0.25, -0.2) is 12.8 Å². The number of rotatable bonds is 3. The molecule has 10 heteroatoms. The van der Waals surface area contributed by atoms with Gasteiger partial charge in [0.25, 0.3) is 0 Å². The molecule has 0 atom stereocenters. The van der Waals surface area contributed by atoms with Crippen LogP contribution in [0, 0.1) is 5.82 Å². The molecule has 1 aliphatic rings. The summed E-state index contributed by atoms with van der Waals surface area (Å²) in [5.41, 5.74) is 4.92. The van der Waals surface area contributed by atoms with Gasteiger partial charge in [-0.3, -0.25) is 9.59 Å². The largest absolute Gasteiger partial charge is 1.00 e. The van der Waals surface area contributed by atoms with Crippen molar-refractivity contribution in [3.63, 3.8) is 0 Å². The molecule has 0 saturated heterocycles. The van der Waals surface area contributed by atoms with Crippen LogP contribution in [0.5, 0.6) is 0 Å². The number of nitrogen functional groups attached to an aromatic ring is 1. The average molecular weight is 434 g/mol. The van der Waals surface area contributed by atoms with E-state index in [1.165, 1.54) is 30.3 Å². The second-order valence-corrected chi connectivity index (χ2v) is 7.73. The van der Waals surface area contributed by atoms with Crippen LogP contribution in [-0.4, -0.2) is 24.5 Å². The first-order valence-corrected chi connectivity index (χ1v) is 9.72. The molecule has 0 bridgehead atoms. The summed E-state index contributed by atoms with van der Waals surface area (Å²) in [5.74, 6) is -1.83. The SMILES string of the molecule is Nc1c(S(=O)(=O)[O-])cc(Nc2cccc(F)c2)c2c1C(=O)c1ccccc1C2=O.[Na+]. The summed E-state index contributed by atoms with van der Waals surface area (Å²) in [7, 11) is -5.06. The Balaban J connectivity index is 0.00000256. The Morgan fingerprint density at radius 3 is 2.07 bits per heavy atom. The summed E-state index contributed by atoms with van der Waals surface area (Å²) in [6, 6.07) is 12.1. The number of anilines is 3. The second-order valence-electron chi connectivity index (χ2n) is 6.38. The molecule has 3 aromatic carbocycles. The van der Waals surface area contributed by atoms with Crippen molar-refractivity contribution >= 4 is 38.7 Å². The van der Waals surface area contributed by atoms with Gasteiger partial charge in [-0.15, -0.1) is 0 Å². The Bertz CT molecular complexity index is 1320. The Hall–Kier alpha value is -2.56. The van der Waals surface area contributed by atoms with Crippen LogP contribution < -0.4 is 40.6 Å². The molecule has 4 rings (SSSR count). The Labute approximate surface area is 193 Å². The van der Waals surface area contributed by atoms with E-state index in [0.717, 1.165) is 12.1 Å². The first-order chi connectivity index (χ1) is 13.7. The normalized spacial score (nSPS) is 12.6. The van der Waals surface area contributed by atoms with Gasteiger partial charge in [0.1, 0.15) is 15.9 Å². The number of nitrogens with two attached hydrogens (primary N) is 1. The zero-order chi connectivity index (χ0) is 20.9. The van der Waals surface area contributed by atoms with Gasteiger partial charge in [-0.2, -0.15) is 0 Å². The van der Waals surface area contributed by atoms with Gasteiger partial charge in [0.2, 0.25) is 0 Å². The maximum Gasteiger partial charge on any atom is 1.00 e. The van der Waals surface area contributed by atoms with Crippen LogP contribution in [0.2, 0.25) is 0 Å². The molecule has 146 valence electrons. The van der Waals surface area contributed by atoms with Crippen LogP contribution in [0.4, 0.5) is 21.5 Å². The van der Waals surface area contributed by atoms with Crippen LogP contribution in [0.25, 0.3) is 0 Å². The fourth-order valence-electron chi connectivity index (χ4n) is 3.32. The smallest absolute Gasteiger partial charge is 0.744 e. The van der Waals surface area contributed by atoms with Crippen molar-refractivity contribution in [1.82, 2.24) is 0 Å². The van der Waals surface area contributed by atoms with E-state index in [2.05, 4.69) is 5.32 Å². The molecule has 7 nitrogen and oxygen atoms in total. The van der Waals surface area contributed by atoms with E-state index < -0.39 is 38.1 Å². The summed E-state index contributed by atoms with van der Waals surface area (Å²) in [4.78, 5) is 25.3. The van der Waals surface area contributed by atoms with Crippen molar-refractivity contribution in [3.05, 3.63) is 82.7 Å². The number of benzene rings is 3. The zero-order valence-corrected chi connectivity index (χ0v) is 18.4. The molecular weight excluding hydrogens is 422 g/mol. The third kappa shape index (κ3) is 3.66. The standard InChI is InChI=1S/C20H13FN2O5S.Na/c21-10-4-3-5-11(8-10)23-14-9-15(29(26,27)28)18(22)17-16(14)19(24)12-6-1-2-7-13(12)20(17)25;/h1-9,23H,22H2,(H,26,27,28);/q;+1/p-1. The van der Waals surface area contributed by atoms with E-state index in [9.17, 15) is 27.0 Å². The van der Waals surface area contributed by atoms with Gasteiger partial charge >= 0.3 is 29.6 Å². The van der Waals surface area contributed by atoms with Crippen molar-refractivity contribution in [1.29, 1.82) is 0 Å². The fourth-order valence-corrected chi connectivity index (χ4v) is 3.95. The molecule has 1 aliphatic carbocycles. The summed E-state index contributed by atoms with van der Waals surface area (Å²) >= 11 is 0. The molecule has 0 amide bonds. The molecule has 3 aromatic rings. The van der Waals surface area contributed by atoms with Crippen molar-refractivity contribution in [2.45, 2.75) is 4.90 Å². The minimum atomic E-state index is -5.06. The maximum atomic E-state index is 13.6. The Morgan fingerprint density at radius 2 is 1.50 bits per heavy atom. The summed E-state index contributed by atoms with van der Waals surface area (Å²) in [6.07, 6.45) is 0. The van der Waals surface area contributed by atoms with E-state index >= 15 is 0 Å². The van der Waals surface area contributed by atoms with Crippen LogP contribution in [-0.2, 0) is 10.1 Å². The second kappa shape index (κ2) is 7.93. The van der Waals surface area contributed by atoms with E-state index in [1.807, 2.05) is 0 Å². The van der Waals surface area contributed by atoms with Crippen molar-refractivity contribution < 1.29 is 56.5 Å². The number of hydrogen-bond donors (Lipinski definition) is 2. The molecule has 0 fully saturated rings. The minimum absolute atomic E-state index is 0. The number of hydrogen-bond acceptors (Lipinski definition) is 7. The third-order valence-corrected chi connectivity index (χ3v) is 5.45. The van der Waals surface area contributed by atoms with Crippen molar-refractivity contribution in [2.24, 2.45) is 0 Å².